The van der Waals surface area contributed by atoms with Crippen LogP contribution in [0.15, 0.2) is 30.3 Å². The molecule has 1 aromatic rings. The van der Waals surface area contributed by atoms with Gasteiger partial charge in [-0.15, -0.1) is 0 Å². The van der Waals surface area contributed by atoms with Gasteiger partial charge >= 0.3 is 0 Å². The average Bonchev–Trinajstić information content (AvgIpc) is 3.06. The molecule has 2 atom stereocenters. The number of hydrogen-bond donors (Lipinski definition) is 2. The highest BCUT2D eigenvalue weighted by Gasteiger charge is 2.35. The van der Waals surface area contributed by atoms with Crippen molar-refractivity contribution in [2.45, 2.75) is 43.9 Å². The number of carbonyl (C=O) groups excluding carboxylic acids is 1. The molecule has 1 amide bonds. The van der Waals surface area contributed by atoms with Crippen LogP contribution < -0.4 is 5.73 Å². The molecule has 126 valence electrons. The number of β-amino-alcohol motifs (C(OH)–C–C–N with tert-alkyl or cyclic N) is 1. The monoisotopic (exact) mass is 317 g/mol. The van der Waals surface area contributed by atoms with Crippen molar-refractivity contribution in [3.63, 3.8) is 0 Å². The number of hydrogen-bond acceptors (Lipinski definition) is 4. The van der Waals surface area contributed by atoms with Gasteiger partial charge in [-0.2, -0.15) is 0 Å². The maximum Gasteiger partial charge on any atom is 0.234 e. The Labute approximate surface area is 138 Å². The van der Waals surface area contributed by atoms with Crippen molar-refractivity contribution in [3.05, 3.63) is 35.9 Å². The Kier molecular flexibility index (Phi) is 5.30. The van der Waals surface area contributed by atoms with Crippen LogP contribution in [0.25, 0.3) is 0 Å². The third-order valence-corrected chi connectivity index (χ3v) is 5.26. The third kappa shape index (κ3) is 3.91. The van der Waals surface area contributed by atoms with Gasteiger partial charge in [0, 0.05) is 12.6 Å². The first-order valence-electron chi connectivity index (χ1n) is 8.65. The van der Waals surface area contributed by atoms with Crippen molar-refractivity contribution in [1.29, 1.82) is 0 Å². The zero-order chi connectivity index (χ0) is 16.2. The fraction of sp³-hybridized carbons (Fsp3) is 0.611. The molecule has 5 nitrogen and oxygen atoms in total. The topological polar surface area (TPSA) is 69.8 Å². The zero-order valence-corrected chi connectivity index (χ0v) is 13.6. The molecule has 0 aromatic heterocycles. The van der Waals surface area contributed by atoms with Gasteiger partial charge in [-0.3, -0.25) is 9.69 Å². The molecule has 5 heteroatoms. The van der Waals surface area contributed by atoms with Crippen molar-refractivity contribution < 1.29 is 9.90 Å². The summed E-state index contributed by atoms with van der Waals surface area (Å²) in [6.45, 7) is 3.61. The van der Waals surface area contributed by atoms with Crippen molar-refractivity contribution in [3.8, 4) is 0 Å². The molecule has 3 rings (SSSR count). The van der Waals surface area contributed by atoms with E-state index in [2.05, 4.69) is 9.80 Å². The average molecular weight is 317 g/mol. The van der Waals surface area contributed by atoms with Crippen molar-refractivity contribution in [2.24, 2.45) is 5.73 Å². The second kappa shape index (κ2) is 7.43. The molecule has 0 saturated carbocycles. The fourth-order valence-corrected chi connectivity index (χ4v) is 3.99. The molecule has 2 aliphatic heterocycles. The van der Waals surface area contributed by atoms with Crippen LogP contribution in [0.5, 0.6) is 0 Å². The summed E-state index contributed by atoms with van der Waals surface area (Å²) in [6, 6.07) is 10.2. The quantitative estimate of drug-likeness (QED) is 0.854. The minimum absolute atomic E-state index is 0.0681. The van der Waals surface area contributed by atoms with Crippen LogP contribution in [0.1, 0.15) is 37.4 Å². The lowest BCUT2D eigenvalue weighted by molar-refractivity contribution is -0.123. The summed E-state index contributed by atoms with van der Waals surface area (Å²) in [4.78, 5) is 16.2. The van der Waals surface area contributed by atoms with E-state index in [1.807, 2.05) is 30.3 Å². The van der Waals surface area contributed by atoms with Crippen LogP contribution in [-0.2, 0) is 4.79 Å². The summed E-state index contributed by atoms with van der Waals surface area (Å²) in [7, 11) is 0. The molecule has 0 radical (unpaired) electrons. The Morgan fingerprint density at radius 3 is 2.52 bits per heavy atom. The maximum atomic E-state index is 11.6. The van der Waals surface area contributed by atoms with Gasteiger partial charge < -0.3 is 15.7 Å². The van der Waals surface area contributed by atoms with E-state index in [0.717, 1.165) is 50.9 Å². The van der Waals surface area contributed by atoms with Gasteiger partial charge in [0.05, 0.1) is 12.1 Å². The highest BCUT2D eigenvalue weighted by molar-refractivity contribution is 5.80. The van der Waals surface area contributed by atoms with E-state index < -0.39 is 6.10 Å². The summed E-state index contributed by atoms with van der Waals surface area (Å²) in [5, 5.41) is 10.4. The predicted molar refractivity (Wildman–Crippen MR) is 89.8 cm³/mol. The number of carbonyl (C=O) groups is 1. The minimum atomic E-state index is -0.432. The summed E-state index contributed by atoms with van der Waals surface area (Å²) in [6.07, 6.45) is 3.64. The number of rotatable bonds is 5. The number of nitrogens with zero attached hydrogens (tertiary/aromatic N) is 2. The lowest BCUT2D eigenvalue weighted by Gasteiger charge is -2.39. The summed E-state index contributed by atoms with van der Waals surface area (Å²) in [5.41, 5.74) is 6.50. The number of likely N-dealkylation sites (tertiary alicyclic amines) is 2. The van der Waals surface area contributed by atoms with Crippen LogP contribution in [-0.4, -0.2) is 59.1 Å². The summed E-state index contributed by atoms with van der Waals surface area (Å²) >= 11 is 0. The second-order valence-corrected chi connectivity index (χ2v) is 6.76. The summed E-state index contributed by atoms with van der Waals surface area (Å²) < 4.78 is 0. The Morgan fingerprint density at radius 1 is 1.17 bits per heavy atom. The number of primary amides is 1. The van der Waals surface area contributed by atoms with Gasteiger partial charge in [-0.25, -0.2) is 0 Å². The van der Waals surface area contributed by atoms with E-state index in [4.69, 9.17) is 5.73 Å². The predicted octanol–water partition coefficient (Wildman–Crippen LogP) is 1.13. The van der Waals surface area contributed by atoms with E-state index >= 15 is 0 Å². The van der Waals surface area contributed by atoms with E-state index in [-0.39, 0.29) is 11.9 Å². The smallest absolute Gasteiger partial charge is 0.234 e. The first kappa shape index (κ1) is 16.4. The van der Waals surface area contributed by atoms with Crippen LogP contribution in [0.3, 0.4) is 0 Å². The van der Waals surface area contributed by atoms with E-state index in [1.54, 1.807) is 0 Å². The molecule has 2 saturated heterocycles. The largest absolute Gasteiger partial charge is 0.387 e. The molecule has 23 heavy (non-hydrogen) atoms. The molecule has 2 fully saturated rings. The molecule has 0 aliphatic carbocycles. The van der Waals surface area contributed by atoms with Crippen LogP contribution in [0.2, 0.25) is 0 Å². The lowest BCUT2D eigenvalue weighted by atomic mass is 10.0. The number of amides is 1. The number of aliphatic hydroxyl groups is 1. The van der Waals surface area contributed by atoms with Gasteiger partial charge in [0.25, 0.3) is 0 Å². The van der Waals surface area contributed by atoms with E-state index in [1.165, 1.54) is 0 Å². The highest BCUT2D eigenvalue weighted by Crippen LogP contribution is 2.26. The van der Waals surface area contributed by atoms with Crippen molar-refractivity contribution in [2.75, 3.05) is 26.2 Å². The molecule has 0 bridgehead atoms. The van der Waals surface area contributed by atoms with Gasteiger partial charge in [0.15, 0.2) is 0 Å². The molecule has 2 unspecified atom stereocenters. The molecular weight excluding hydrogens is 290 g/mol. The first-order valence-corrected chi connectivity index (χ1v) is 8.65. The van der Waals surface area contributed by atoms with Crippen LogP contribution in [0.4, 0.5) is 0 Å². The van der Waals surface area contributed by atoms with E-state index in [9.17, 15) is 9.90 Å². The number of nitrogens with two attached hydrogens (primary N) is 1. The van der Waals surface area contributed by atoms with Crippen LogP contribution >= 0.6 is 0 Å². The third-order valence-electron chi connectivity index (χ3n) is 5.26. The normalized spacial score (nSPS) is 25.5. The highest BCUT2D eigenvalue weighted by atomic mass is 16.3. The van der Waals surface area contributed by atoms with E-state index in [0.29, 0.717) is 12.6 Å². The standard InChI is InChI=1S/C18H27N3O2/c19-18(23)16-7-4-10-21(16)15-8-11-20(12-9-15)13-17(22)14-5-2-1-3-6-14/h1-3,5-6,15-17,22H,4,7-13H2,(H2,19,23). The lowest BCUT2D eigenvalue weighted by Crippen LogP contribution is -2.50. The Hall–Kier alpha value is -1.43. The Balaban J connectivity index is 1.50. The molecule has 0 spiro atoms. The number of piperidine rings is 1. The first-order chi connectivity index (χ1) is 11.1. The molecular formula is C18H27N3O2. The molecule has 3 N–H and O–H groups in total. The minimum Gasteiger partial charge on any atom is -0.387 e. The van der Waals surface area contributed by atoms with Gasteiger partial charge in [0.1, 0.15) is 0 Å². The molecule has 1 aromatic carbocycles. The van der Waals surface area contributed by atoms with Gasteiger partial charge in [-0.1, -0.05) is 30.3 Å². The molecule has 2 heterocycles. The molecule has 2 aliphatic rings. The van der Waals surface area contributed by atoms with Crippen molar-refractivity contribution >= 4 is 5.91 Å². The van der Waals surface area contributed by atoms with Crippen LogP contribution in [0, 0.1) is 0 Å². The van der Waals surface area contributed by atoms with Crippen molar-refractivity contribution in [1.82, 2.24) is 9.80 Å². The zero-order valence-electron chi connectivity index (χ0n) is 13.6. The second-order valence-electron chi connectivity index (χ2n) is 6.76. The number of benzene rings is 1. The SMILES string of the molecule is NC(=O)C1CCCN1C1CCN(CC(O)c2ccccc2)CC1. The summed E-state index contributed by atoms with van der Waals surface area (Å²) in [5.74, 6) is -0.176. The number of aliphatic hydroxyl groups excluding tert-OH is 1. The Bertz CT molecular complexity index is 514. The maximum absolute atomic E-state index is 11.6. The van der Waals surface area contributed by atoms with Gasteiger partial charge in [0.2, 0.25) is 5.91 Å². The van der Waals surface area contributed by atoms with Gasteiger partial charge in [-0.05, 0) is 50.9 Å². The fourth-order valence-electron chi connectivity index (χ4n) is 3.99. The Morgan fingerprint density at radius 2 is 1.87 bits per heavy atom.